The van der Waals surface area contributed by atoms with Gasteiger partial charge < -0.3 is 24.8 Å². The summed E-state index contributed by atoms with van der Waals surface area (Å²) in [5.74, 6) is 0.614. The van der Waals surface area contributed by atoms with E-state index in [0.717, 1.165) is 5.56 Å². The number of anilines is 1. The van der Waals surface area contributed by atoms with Crippen LogP contribution in [0.3, 0.4) is 0 Å². The molecule has 3 rings (SSSR count). The smallest absolute Gasteiger partial charge is 0.278 e. The second-order valence-electron chi connectivity index (χ2n) is 6.39. The van der Waals surface area contributed by atoms with E-state index in [4.69, 9.17) is 14.2 Å². The Hall–Kier alpha value is -3.22. The molecule has 7 heteroatoms. The third-order valence-corrected chi connectivity index (χ3v) is 4.57. The molecular weight excluding hydrogens is 348 g/mol. The quantitative estimate of drug-likeness (QED) is 0.791. The standard InChI is InChI=1S/C20H22N2O5/c1-12(14-11-13(25-3)9-10-16(14)26-4)21-18(23)20(2)19(24)22-15-7-5-6-8-17(15)27-20/h5-12H,1-4H3,(H,21,23)(H,22,24). The Morgan fingerprint density at radius 1 is 1.19 bits per heavy atom. The lowest BCUT2D eigenvalue weighted by Gasteiger charge is -2.34. The first-order chi connectivity index (χ1) is 12.9. The highest BCUT2D eigenvalue weighted by Crippen LogP contribution is 2.34. The van der Waals surface area contributed by atoms with Gasteiger partial charge in [0, 0.05) is 5.56 Å². The maximum Gasteiger partial charge on any atom is 0.278 e. The van der Waals surface area contributed by atoms with Gasteiger partial charge in [-0.05, 0) is 44.2 Å². The average Bonchev–Trinajstić information content (AvgIpc) is 2.68. The van der Waals surface area contributed by atoms with E-state index in [1.807, 2.05) is 0 Å². The monoisotopic (exact) mass is 370 g/mol. The molecule has 2 aromatic carbocycles. The number of hydrogen-bond acceptors (Lipinski definition) is 5. The predicted molar refractivity (Wildman–Crippen MR) is 100 cm³/mol. The molecule has 2 amide bonds. The van der Waals surface area contributed by atoms with E-state index >= 15 is 0 Å². The molecule has 0 fully saturated rings. The summed E-state index contributed by atoms with van der Waals surface area (Å²) in [7, 11) is 3.11. The van der Waals surface area contributed by atoms with Crippen LogP contribution in [-0.4, -0.2) is 31.6 Å². The fourth-order valence-corrected chi connectivity index (χ4v) is 2.91. The van der Waals surface area contributed by atoms with Crippen molar-refractivity contribution in [2.24, 2.45) is 0 Å². The van der Waals surface area contributed by atoms with Crippen LogP contribution in [0.15, 0.2) is 42.5 Å². The molecule has 27 heavy (non-hydrogen) atoms. The summed E-state index contributed by atoms with van der Waals surface area (Å²) in [5, 5.41) is 5.55. The molecule has 142 valence electrons. The predicted octanol–water partition coefficient (Wildman–Crippen LogP) is 2.67. The molecule has 0 saturated heterocycles. The Morgan fingerprint density at radius 2 is 1.93 bits per heavy atom. The number of nitrogens with one attached hydrogen (secondary N) is 2. The van der Waals surface area contributed by atoms with Crippen LogP contribution >= 0.6 is 0 Å². The molecule has 2 atom stereocenters. The lowest BCUT2D eigenvalue weighted by molar-refractivity contribution is -0.147. The van der Waals surface area contributed by atoms with Gasteiger partial charge in [-0.2, -0.15) is 0 Å². The van der Waals surface area contributed by atoms with Crippen molar-refractivity contribution in [1.82, 2.24) is 5.32 Å². The minimum Gasteiger partial charge on any atom is -0.497 e. The minimum absolute atomic E-state index is 0.437. The summed E-state index contributed by atoms with van der Waals surface area (Å²) < 4.78 is 16.4. The van der Waals surface area contributed by atoms with Gasteiger partial charge in [-0.3, -0.25) is 9.59 Å². The molecule has 2 unspecified atom stereocenters. The number of amides is 2. The number of rotatable bonds is 5. The Bertz CT molecular complexity index is 882. The van der Waals surface area contributed by atoms with E-state index in [-0.39, 0.29) is 0 Å². The second kappa shape index (κ2) is 7.19. The first-order valence-corrected chi connectivity index (χ1v) is 8.51. The first kappa shape index (κ1) is 18.6. The fraction of sp³-hybridized carbons (Fsp3) is 0.300. The summed E-state index contributed by atoms with van der Waals surface area (Å²) in [6.07, 6.45) is 0. The maximum absolute atomic E-state index is 12.9. The van der Waals surface area contributed by atoms with Gasteiger partial charge >= 0.3 is 0 Å². The lowest BCUT2D eigenvalue weighted by Crippen LogP contribution is -2.59. The van der Waals surface area contributed by atoms with Crippen molar-refractivity contribution in [2.75, 3.05) is 19.5 Å². The van der Waals surface area contributed by atoms with E-state index in [0.29, 0.717) is 22.9 Å². The van der Waals surface area contributed by atoms with Gasteiger partial charge in [0.05, 0.1) is 25.9 Å². The molecule has 0 bridgehead atoms. The van der Waals surface area contributed by atoms with Crippen molar-refractivity contribution in [3.63, 3.8) is 0 Å². The van der Waals surface area contributed by atoms with E-state index in [1.165, 1.54) is 6.92 Å². The largest absolute Gasteiger partial charge is 0.497 e. The highest BCUT2D eigenvalue weighted by Gasteiger charge is 2.47. The highest BCUT2D eigenvalue weighted by atomic mass is 16.5. The maximum atomic E-state index is 12.9. The van der Waals surface area contributed by atoms with Crippen LogP contribution in [0.25, 0.3) is 0 Å². The molecule has 1 aliphatic heterocycles. The number of hydrogen-bond donors (Lipinski definition) is 2. The van der Waals surface area contributed by atoms with E-state index < -0.39 is 23.5 Å². The molecule has 2 N–H and O–H groups in total. The Balaban J connectivity index is 1.84. The van der Waals surface area contributed by atoms with E-state index in [9.17, 15) is 9.59 Å². The van der Waals surface area contributed by atoms with Crippen molar-refractivity contribution in [1.29, 1.82) is 0 Å². The zero-order valence-electron chi connectivity index (χ0n) is 15.7. The van der Waals surface area contributed by atoms with Crippen LogP contribution in [0.1, 0.15) is 25.5 Å². The zero-order chi connectivity index (χ0) is 19.6. The number of carbonyl (C=O) groups is 2. The van der Waals surface area contributed by atoms with Gasteiger partial charge in [0.15, 0.2) is 0 Å². The number of fused-ring (bicyclic) bond motifs is 1. The Labute approximate surface area is 157 Å². The Morgan fingerprint density at radius 3 is 2.63 bits per heavy atom. The van der Waals surface area contributed by atoms with Crippen LogP contribution < -0.4 is 24.8 Å². The molecule has 0 radical (unpaired) electrons. The number of benzene rings is 2. The number of para-hydroxylation sites is 2. The topological polar surface area (TPSA) is 85.9 Å². The van der Waals surface area contributed by atoms with Gasteiger partial charge in [0.1, 0.15) is 17.2 Å². The number of methoxy groups -OCH3 is 2. The van der Waals surface area contributed by atoms with Crippen LogP contribution in [0.5, 0.6) is 17.2 Å². The van der Waals surface area contributed by atoms with Gasteiger partial charge in [-0.25, -0.2) is 0 Å². The van der Waals surface area contributed by atoms with Crippen molar-refractivity contribution in [2.45, 2.75) is 25.5 Å². The normalized spacial score (nSPS) is 19.2. The van der Waals surface area contributed by atoms with Gasteiger partial charge in [0.25, 0.3) is 17.4 Å². The zero-order valence-corrected chi connectivity index (χ0v) is 15.7. The summed E-state index contributed by atoms with van der Waals surface area (Å²) >= 11 is 0. The third-order valence-electron chi connectivity index (χ3n) is 4.57. The minimum atomic E-state index is -1.69. The molecular formula is C20H22N2O5. The molecule has 0 saturated carbocycles. The highest BCUT2D eigenvalue weighted by molar-refractivity contribution is 6.15. The van der Waals surface area contributed by atoms with Crippen molar-refractivity contribution >= 4 is 17.5 Å². The SMILES string of the molecule is COc1ccc(OC)c(C(C)NC(=O)C2(C)Oc3ccccc3NC2=O)c1. The average molecular weight is 370 g/mol. The molecule has 0 aromatic heterocycles. The summed E-state index contributed by atoms with van der Waals surface area (Å²) in [5.41, 5.74) is -0.421. The molecule has 1 heterocycles. The van der Waals surface area contributed by atoms with Crippen molar-refractivity contribution in [3.8, 4) is 17.2 Å². The number of carbonyl (C=O) groups excluding carboxylic acids is 2. The Kier molecular flexibility index (Phi) is 4.94. The van der Waals surface area contributed by atoms with Crippen molar-refractivity contribution in [3.05, 3.63) is 48.0 Å². The molecule has 0 aliphatic carbocycles. The summed E-state index contributed by atoms with van der Waals surface area (Å²) in [6, 6.07) is 11.9. The van der Waals surface area contributed by atoms with Gasteiger partial charge in [-0.15, -0.1) is 0 Å². The molecule has 0 spiro atoms. The lowest BCUT2D eigenvalue weighted by atomic mass is 9.99. The summed E-state index contributed by atoms with van der Waals surface area (Å²) in [6.45, 7) is 3.25. The fourth-order valence-electron chi connectivity index (χ4n) is 2.91. The summed E-state index contributed by atoms with van der Waals surface area (Å²) in [4.78, 5) is 25.4. The number of ether oxygens (including phenoxy) is 3. The molecule has 1 aliphatic rings. The van der Waals surface area contributed by atoms with Gasteiger partial charge in [-0.1, -0.05) is 12.1 Å². The van der Waals surface area contributed by atoms with Gasteiger partial charge in [0.2, 0.25) is 0 Å². The van der Waals surface area contributed by atoms with Crippen LogP contribution in [0.4, 0.5) is 5.69 Å². The van der Waals surface area contributed by atoms with Crippen LogP contribution in [-0.2, 0) is 9.59 Å². The molecule has 7 nitrogen and oxygen atoms in total. The first-order valence-electron chi connectivity index (χ1n) is 8.51. The molecule has 2 aromatic rings. The van der Waals surface area contributed by atoms with Crippen molar-refractivity contribution < 1.29 is 23.8 Å². The second-order valence-corrected chi connectivity index (χ2v) is 6.39. The van der Waals surface area contributed by atoms with E-state index in [1.54, 1.807) is 63.6 Å². The van der Waals surface area contributed by atoms with E-state index in [2.05, 4.69) is 10.6 Å². The van der Waals surface area contributed by atoms with Crippen LogP contribution in [0.2, 0.25) is 0 Å². The van der Waals surface area contributed by atoms with Crippen LogP contribution in [0, 0.1) is 0 Å². The third kappa shape index (κ3) is 3.40.